The van der Waals surface area contributed by atoms with E-state index in [4.69, 9.17) is 11.0 Å². The fourth-order valence-electron chi connectivity index (χ4n) is 0.807. The molecule has 0 radical (unpaired) electrons. The number of hydrogen-bond acceptors (Lipinski definition) is 5. The molecule has 1 heterocycles. The van der Waals surface area contributed by atoms with Crippen LogP contribution in [0, 0.1) is 23.2 Å². The van der Waals surface area contributed by atoms with Crippen LogP contribution in [0.3, 0.4) is 0 Å². The summed E-state index contributed by atoms with van der Waals surface area (Å²) >= 11 is 0. The Morgan fingerprint density at radius 3 is 3.00 bits per heavy atom. The number of esters is 1. The molecule has 74 valence electrons. The molecule has 0 saturated carbocycles. The van der Waals surface area contributed by atoms with E-state index in [1.807, 2.05) is 6.07 Å². The molecule has 5 nitrogen and oxygen atoms in total. The fraction of sp³-hybridized carbons (Fsp3) is 0.100. The van der Waals surface area contributed by atoms with E-state index in [9.17, 15) is 4.79 Å². The standard InChI is InChI=1S/C10H7N3O2/c1-15-9(14)3-2-7-4-8(5-11)10(12)13-6-7/h4,6H,1H3,(H2,12,13). The van der Waals surface area contributed by atoms with Gasteiger partial charge in [0.05, 0.1) is 12.7 Å². The summed E-state index contributed by atoms with van der Waals surface area (Å²) in [7, 11) is 1.24. The molecule has 0 aromatic carbocycles. The summed E-state index contributed by atoms with van der Waals surface area (Å²) in [6.45, 7) is 0. The molecular weight excluding hydrogens is 194 g/mol. The van der Waals surface area contributed by atoms with Gasteiger partial charge in [0.15, 0.2) is 0 Å². The third kappa shape index (κ3) is 2.71. The second-order valence-electron chi connectivity index (χ2n) is 2.51. The van der Waals surface area contributed by atoms with Crippen molar-refractivity contribution in [3.63, 3.8) is 0 Å². The molecule has 2 N–H and O–H groups in total. The number of aromatic nitrogens is 1. The molecule has 15 heavy (non-hydrogen) atoms. The van der Waals surface area contributed by atoms with Gasteiger partial charge in [-0.25, -0.2) is 9.78 Å². The minimum Gasteiger partial charge on any atom is -0.459 e. The first-order valence-electron chi connectivity index (χ1n) is 3.93. The van der Waals surface area contributed by atoms with Crippen molar-refractivity contribution in [3.8, 4) is 17.9 Å². The van der Waals surface area contributed by atoms with Gasteiger partial charge < -0.3 is 10.5 Å². The number of nitrogens with zero attached hydrogens (tertiary/aromatic N) is 2. The summed E-state index contributed by atoms with van der Waals surface area (Å²) in [6.07, 6.45) is 1.38. The number of nitrogens with two attached hydrogens (primary N) is 1. The smallest absolute Gasteiger partial charge is 0.384 e. The SMILES string of the molecule is COC(=O)C#Cc1cnc(N)c(C#N)c1. The lowest BCUT2D eigenvalue weighted by atomic mass is 10.2. The lowest BCUT2D eigenvalue weighted by Gasteiger charge is -1.95. The molecule has 1 aromatic rings. The van der Waals surface area contributed by atoms with Gasteiger partial charge in [-0.1, -0.05) is 5.92 Å². The van der Waals surface area contributed by atoms with Crippen molar-refractivity contribution in [2.24, 2.45) is 0 Å². The second kappa shape index (κ2) is 4.64. The maximum atomic E-state index is 10.7. The number of rotatable bonds is 0. The van der Waals surface area contributed by atoms with Crippen molar-refractivity contribution in [2.75, 3.05) is 12.8 Å². The zero-order valence-corrected chi connectivity index (χ0v) is 7.94. The van der Waals surface area contributed by atoms with Crippen LogP contribution in [0.1, 0.15) is 11.1 Å². The van der Waals surface area contributed by atoms with Crippen molar-refractivity contribution in [3.05, 3.63) is 23.4 Å². The molecule has 0 spiro atoms. The van der Waals surface area contributed by atoms with E-state index in [2.05, 4.69) is 21.6 Å². The van der Waals surface area contributed by atoms with Gasteiger partial charge >= 0.3 is 5.97 Å². The molecule has 1 aromatic heterocycles. The lowest BCUT2D eigenvalue weighted by molar-refractivity contribution is -0.133. The number of carbonyl (C=O) groups excluding carboxylic acids is 1. The number of ether oxygens (including phenoxy) is 1. The zero-order chi connectivity index (χ0) is 11.3. The number of hydrogen-bond donors (Lipinski definition) is 1. The summed E-state index contributed by atoms with van der Waals surface area (Å²) in [4.78, 5) is 14.5. The van der Waals surface area contributed by atoms with Gasteiger partial charge in [0.25, 0.3) is 0 Å². The van der Waals surface area contributed by atoms with Crippen LogP contribution in [-0.4, -0.2) is 18.1 Å². The molecule has 0 unspecified atom stereocenters. The van der Waals surface area contributed by atoms with Gasteiger partial charge in [0.2, 0.25) is 0 Å². The van der Waals surface area contributed by atoms with E-state index in [0.717, 1.165) is 0 Å². The summed E-state index contributed by atoms with van der Waals surface area (Å²) < 4.78 is 4.33. The van der Waals surface area contributed by atoms with Gasteiger partial charge in [0.1, 0.15) is 11.9 Å². The average molecular weight is 201 g/mol. The minimum absolute atomic E-state index is 0.140. The van der Waals surface area contributed by atoms with Crippen LogP contribution in [-0.2, 0) is 9.53 Å². The zero-order valence-electron chi connectivity index (χ0n) is 7.94. The Hall–Kier alpha value is -2.53. The van der Waals surface area contributed by atoms with Gasteiger partial charge in [0, 0.05) is 17.7 Å². The molecule has 1 rings (SSSR count). The third-order valence-electron chi connectivity index (χ3n) is 1.53. The van der Waals surface area contributed by atoms with Gasteiger partial charge in [-0.05, 0) is 6.07 Å². The first-order chi connectivity index (χ1) is 7.17. The quantitative estimate of drug-likeness (QED) is 0.473. The van der Waals surface area contributed by atoms with Crippen LogP contribution < -0.4 is 5.73 Å². The monoisotopic (exact) mass is 201 g/mol. The normalized spacial score (nSPS) is 8.27. The van der Waals surface area contributed by atoms with Crippen LogP contribution in [0.5, 0.6) is 0 Å². The first-order valence-corrected chi connectivity index (χ1v) is 3.93. The number of methoxy groups -OCH3 is 1. The van der Waals surface area contributed by atoms with E-state index in [-0.39, 0.29) is 11.4 Å². The highest BCUT2D eigenvalue weighted by atomic mass is 16.5. The Morgan fingerprint density at radius 2 is 2.40 bits per heavy atom. The van der Waals surface area contributed by atoms with E-state index in [1.54, 1.807) is 0 Å². The number of anilines is 1. The molecule has 0 saturated heterocycles. The predicted octanol–water partition coefficient (Wildman–Crippen LogP) is 0.0600. The summed E-state index contributed by atoms with van der Waals surface area (Å²) in [5, 5.41) is 8.66. The minimum atomic E-state index is -0.648. The third-order valence-corrected chi connectivity index (χ3v) is 1.53. The Morgan fingerprint density at radius 1 is 1.67 bits per heavy atom. The molecule has 0 fully saturated rings. The number of pyridine rings is 1. The Labute approximate surface area is 86.5 Å². The van der Waals surface area contributed by atoms with Crippen molar-refractivity contribution >= 4 is 11.8 Å². The highest BCUT2D eigenvalue weighted by molar-refractivity contribution is 5.89. The highest BCUT2D eigenvalue weighted by Crippen LogP contribution is 2.07. The Kier molecular flexibility index (Phi) is 3.26. The van der Waals surface area contributed by atoms with E-state index in [0.29, 0.717) is 5.56 Å². The number of nitriles is 1. The van der Waals surface area contributed by atoms with Crippen molar-refractivity contribution < 1.29 is 9.53 Å². The van der Waals surface area contributed by atoms with Gasteiger partial charge in [-0.2, -0.15) is 5.26 Å². The summed E-state index contributed by atoms with van der Waals surface area (Å²) in [6, 6.07) is 3.32. The van der Waals surface area contributed by atoms with Crippen LogP contribution >= 0.6 is 0 Å². The van der Waals surface area contributed by atoms with Crippen LogP contribution in [0.15, 0.2) is 12.3 Å². The van der Waals surface area contributed by atoms with E-state index >= 15 is 0 Å². The Bertz CT molecular complexity index is 492. The number of carbonyl (C=O) groups is 1. The molecule has 5 heteroatoms. The van der Waals surface area contributed by atoms with Crippen LogP contribution in [0.2, 0.25) is 0 Å². The second-order valence-corrected chi connectivity index (χ2v) is 2.51. The van der Waals surface area contributed by atoms with Crippen LogP contribution in [0.4, 0.5) is 5.82 Å². The van der Waals surface area contributed by atoms with Crippen LogP contribution in [0.25, 0.3) is 0 Å². The van der Waals surface area contributed by atoms with Crippen molar-refractivity contribution in [1.29, 1.82) is 5.26 Å². The van der Waals surface area contributed by atoms with Crippen molar-refractivity contribution in [2.45, 2.75) is 0 Å². The van der Waals surface area contributed by atoms with Gasteiger partial charge in [-0.3, -0.25) is 0 Å². The molecule has 0 bridgehead atoms. The van der Waals surface area contributed by atoms with E-state index < -0.39 is 5.97 Å². The van der Waals surface area contributed by atoms with Gasteiger partial charge in [-0.15, -0.1) is 0 Å². The summed E-state index contributed by atoms with van der Waals surface area (Å²) in [5.74, 6) is 4.21. The van der Waals surface area contributed by atoms with E-state index in [1.165, 1.54) is 19.4 Å². The molecule has 0 aliphatic carbocycles. The molecule has 0 aliphatic rings. The maximum Gasteiger partial charge on any atom is 0.384 e. The maximum absolute atomic E-state index is 10.7. The molecular formula is C10H7N3O2. The topological polar surface area (TPSA) is 89.0 Å². The largest absolute Gasteiger partial charge is 0.459 e. The molecule has 0 atom stereocenters. The highest BCUT2D eigenvalue weighted by Gasteiger charge is 1.99. The van der Waals surface area contributed by atoms with Crippen molar-refractivity contribution in [1.82, 2.24) is 4.98 Å². The molecule has 0 aliphatic heterocycles. The molecule has 0 amide bonds. The average Bonchev–Trinajstić information content (AvgIpc) is 2.27. The predicted molar refractivity (Wildman–Crippen MR) is 52.3 cm³/mol. The fourth-order valence-corrected chi connectivity index (χ4v) is 0.807. The lowest BCUT2D eigenvalue weighted by Crippen LogP contribution is -1.96. The number of nitrogen functional groups attached to an aromatic ring is 1. The summed E-state index contributed by atoms with van der Waals surface area (Å²) in [5.41, 5.74) is 6.07. The first kappa shape index (κ1) is 10.6. The Balaban J connectivity index is 3.02.